The highest BCUT2D eigenvalue weighted by molar-refractivity contribution is 5.79. The number of unbranched alkanes of at least 4 members (excludes halogenated alkanes) is 1. The van der Waals surface area contributed by atoms with Crippen molar-refractivity contribution >= 4 is 12.1 Å². The molecule has 0 saturated carbocycles. The molecule has 8 heteroatoms. The summed E-state index contributed by atoms with van der Waals surface area (Å²) in [6.45, 7) is 1.09. The molecule has 7 N–H and O–H groups in total. The second-order valence-corrected chi connectivity index (χ2v) is 4.89. The maximum absolute atomic E-state index is 11.5. The first kappa shape index (κ1) is 21.8. The van der Waals surface area contributed by atoms with Gasteiger partial charge in [-0.1, -0.05) is 30.3 Å². The number of ether oxygens (including phenoxy) is 1. The molecule has 0 radical (unpaired) electrons. The predicted molar refractivity (Wildman–Crippen MR) is 90.2 cm³/mol. The third-order valence-electron chi connectivity index (χ3n) is 2.88. The molecule has 0 aromatic heterocycles. The van der Waals surface area contributed by atoms with E-state index < -0.39 is 18.1 Å². The number of aliphatic carboxylic acids is 1. The quantitative estimate of drug-likeness (QED) is 0.409. The Hall–Kier alpha value is -2.16. The number of carbonyl (C=O) groups excluding carboxylic acids is 1. The van der Waals surface area contributed by atoms with Gasteiger partial charge in [-0.25, -0.2) is 9.59 Å². The molecule has 1 unspecified atom stereocenters. The minimum Gasteiger partial charge on any atom is -0.480 e. The van der Waals surface area contributed by atoms with Crippen LogP contribution in [0.1, 0.15) is 24.8 Å². The SMILES string of the molecule is NCCCCC(NC(=O)OCc1ccccc1)C(=O)O.NCCO. The zero-order chi connectivity index (χ0) is 18.2. The van der Waals surface area contributed by atoms with Gasteiger partial charge >= 0.3 is 12.1 Å². The topological polar surface area (TPSA) is 148 Å². The van der Waals surface area contributed by atoms with Gasteiger partial charge in [-0.05, 0) is 31.4 Å². The Balaban J connectivity index is 0.00000118. The second-order valence-electron chi connectivity index (χ2n) is 4.89. The van der Waals surface area contributed by atoms with E-state index in [0.29, 0.717) is 25.9 Å². The molecule has 0 aliphatic carbocycles. The molecule has 0 spiro atoms. The number of amides is 1. The van der Waals surface area contributed by atoms with Gasteiger partial charge in [0.1, 0.15) is 12.6 Å². The van der Waals surface area contributed by atoms with E-state index in [1.807, 2.05) is 30.3 Å². The molecule has 1 rings (SSSR count). The first-order valence-corrected chi connectivity index (χ1v) is 7.76. The van der Waals surface area contributed by atoms with Crippen molar-refractivity contribution in [2.45, 2.75) is 31.9 Å². The zero-order valence-corrected chi connectivity index (χ0v) is 13.7. The summed E-state index contributed by atoms with van der Waals surface area (Å²) in [4.78, 5) is 22.5. The number of carboxylic acids is 1. The number of carbonyl (C=O) groups is 2. The zero-order valence-electron chi connectivity index (χ0n) is 13.7. The molecule has 0 bridgehead atoms. The summed E-state index contributed by atoms with van der Waals surface area (Å²) in [5.74, 6) is -1.07. The van der Waals surface area contributed by atoms with Gasteiger partial charge in [0.15, 0.2) is 0 Å². The lowest BCUT2D eigenvalue weighted by atomic mass is 10.1. The van der Waals surface area contributed by atoms with Crippen LogP contribution >= 0.6 is 0 Å². The number of hydrogen-bond acceptors (Lipinski definition) is 6. The summed E-state index contributed by atoms with van der Waals surface area (Å²) >= 11 is 0. The summed E-state index contributed by atoms with van der Waals surface area (Å²) in [6, 6.07) is 8.24. The third kappa shape index (κ3) is 11.4. The number of nitrogens with two attached hydrogens (primary N) is 2. The van der Waals surface area contributed by atoms with Crippen molar-refractivity contribution < 1.29 is 24.5 Å². The number of aliphatic hydroxyl groups excluding tert-OH is 1. The second kappa shape index (κ2) is 14.4. The van der Waals surface area contributed by atoms with Crippen LogP contribution in [0.15, 0.2) is 30.3 Å². The fourth-order valence-electron chi connectivity index (χ4n) is 1.66. The molecule has 1 atom stereocenters. The summed E-state index contributed by atoms with van der Waals surface area (Å²) in [6.07, 6.45) is 0.984. The van der Waals surface area contributed by atoms with Crippen LogP contribution in [0.2, 0.25) is 0 Å². The summed E-state index contributed by atoms with van der Waals surface area (Å²) in [5, 5.41) is 19.1. The number of alkyl carbamates (subject to hydrolysis) is 1. The van der Waals surface area contributed by atoms with E-state index in [-0.39, 0.29) is 13.2 Å². The first-order valence-electron chi connectivity index (χ1n) is 7.76. The van der Waals surface area contributed by atoms with Gasteiger partial charge in [0, 0.05) is 6.54 Å². The van der Waals surface area contributed by atoms with Gasteiger partial charge in [-0.2, -0.15) is 0 Å². The van der Waals surface area contributed by atoms with Crippen molar-refractivity contribution in [1.82, 2.24) is 5.32 Å². The van der Waals surface area contributed by atoms with Gasteiger partial charge in [0.2, 0.25) is 0 Å². The molecule has 136 valence electrons. The van der Waals surface area contributed by atoms with E-state index >= 15 is 0 Å². The molecule has 0 heterocycles. The van der Waals surface area contributed by atoms with E-state index in [2.05, 4.69) is 5.32 Å². The molecule has 0 aliphatic heterocycles. The normalized spacial score (nSPS) is 11.0. The van der Waals surface area contributed by atoms with Gasteiger partial charge in [-0.3, -0.25) is 0 Å². The molecular weight excluding hydrogens is 314 g/mol. The third-order valence-corrected chi connectivity index (χ3v) is 2.88. The van der Waals surface area contributed by atoms with Crippen molar-refractivity contribution in [2.75, 3.05) is 19.7 Å². The molecule has 1 aromatic carbocycles. The smallest absolute Gasteiger partial charge is 0.408 e. The molecule has 1 amide bonds. The van der Waals surface area contributed by atoms with Crippen LogP contribution in [0.25, 0.3) is 0 Å². The Kier molecular flexibility index (Phi) is 13.1. The lowest BCUT2D eigenvalue weighted by Crippen LogP contribution is -2.41. The van der Waals surface area contributed by atoms with Gasteiger partial charge in [-0.15, -0.1) is 0 Å². The Morgan fingerprint density at radius 3 is 2.25 bits per heavy atom. The number of rotatable bonds is 9. The fraction of sp³-hybridized carbons (Fsp3) is 0.500. The van der Waals surface area contributed by atoms with E-state index in [1.54, 1.807) is 0 Å². The fourth-order valence-corrected chi connectivity index (χ4v) is 1.66. The molecule has 0 saturated heterocycles. The molecular formula is C16H27N3O5. The average molecular weight is 341 g/mol. The number of nitrogens with one attached hydrogen (secondary N) is 1. The summed E-state index contributed by atoms with van der Waals surface area (Å²) in [7, 11) is 0. The van der Waals surface area contributed by atoms with E-state index in [9.17, 15) is 9.59 Å². The Labute approximate surface area is 141 Å². The van der Waals surface area contributed by atoms with Crippen LogP contribution in [-0.4, -0.2) is 48.0 Å². The minimum absolute atomic E-state index is 0.0972. The number of hydrogen-bond donors (Lipinski definition) is 5. The lowest BCUT2D eigenvalue weighted by molar-refractivity contribution is -0.139. The Morgan fingerprint density at radius 2 is 1.75 bits per heavy atom. The van der Waals surface area contributed by atoms with Crippen LogP contribution in [0.3, 0.4) is 0 Å². The van der Waals surface area contributed by atoms with Crippen molar-refractivity contribution in [3.8, 4) is 0 Å². The molecule has 24 heavy (non-hydrogen) atoms. The highest BCUT2D eigenvalue weighted by Gasteiger charge is 2.19. The molecule has 0 fully saturated rings. The maximum Gasteiger partial charge on any atom is 0.408 e. The van der Waals surface area contributed by atoms with E-state index in [0.717, 1.165) is 12.0 Å². The van der Waals surface area contributed by atoms with Crippen molar-refractivity contribution in [3.05, 3.63) is 35.9 Å². The van der Waals surface area contributed by atoms with Crippen LogP contribution in [0, 0.1) is 0 Å². The van der Waals surface area contributed by atoms with Crippen LogP contribution < -0.4 is 16.8 Å². The van der Waals surface area contributed by atoms with Crippen LogP contribution in [-0.2, 0) is 16.1 Å². The minimum atomic E-state index is -1.07. The highest BCUT2D eigenvalue weighted by Crippen LogP contribution is 2.03. The number of aliphatic hydroxyl groups is 1. The molecule has 8 nitrogen and oxygen atoms in total. The average Bonchev–Trinajstić information content (AvgIpc) is 2.60. The van der Waals surface area contributed by atoms with Crippen molar-refractivity contribution in [1.29, 1.82) is 0 Å². The predicted octanol–water partition coefficient (Wildman–Crippen LogP) is 0.432. The number of benzene rings is 1. The molecule has 1 aromatic rings. The van der Waals surface area contributed by atoms with Crippen molar-refractivity contribution in [3.63, 3.8) is 0 Å². The Bertz CT molecular complexity index is 454. The van der Waals surface area contributed by atoms with Gasteiger partial charge < -0.3 is 31.7 Å². The first-order chi connectivity index (χ1) is 11.5. The Morgan fingerprint density at radius 1 is 1.12 bits per heavy atom. The van der Waals surface area contributed by atoms with Crippen molar-refractivity contribution in [2.24, 2.45) is 11.5 Å². The largest absolute Gasteiger partial charge is 0.480 e. The standard InChI is InChI=1S/C14H20N2O4.C2H7NO/c15-9-5-4-8-12(13(17)18)16-14(19)20-10-11-6-2-1-3-7-11;3-1-2-4/h1-3,6-7,12H,4-5,8-10,15H2,(H,16,19)(H,17,18);4H,1-3H2. The van der Waals surface area contributed by atoms with Crippen LogP contribution in [0.5, 0.6) is 0 Å². The van der Waals surface area contributed by atoms with E-state index in [4.69, 9.17) is 26.4 Å². The molecule has 0 aliphatic rings. The summed E-state index contributed by atoms with van der Waals surface area (Å²) < 4.78 is 4.98. The monoisotopic (exact) mass is 341 g/mol. The lowest BCUT2D eigenvalue weighted by Gasteiger charge is -2.14. The summed E-state index contributed by atoms with van der Waals surface area (Å²) in [5.41, 5.74) is 11.0. The van der Waals surface area contributed by atoms with Gasteiger partial charge in [0.05, 0.1) is 6.61 Å². The maximum atomic E-state index is 11.5. The highest BCUT2D eigenvalue weighted by atomic mass is 16.5. The van der Waals surface area contributed by atoms with Crippen LogP contribution in [0.4, 0.5) is 4.79 Å². The van der Waals surface area contributed by atoms with E-state index in [1.165, 1.54) is 0 Å². The van der Waals surface area contributed by atoms with Gasteiger partial charge in [0.25, 0.3) is 0 Å². The number of carboxylic acid groups (broad SMARTS) is 1.